The topological polar surface area (TPSA) is 91.7 Å². The van der Waals surface area contributed by atoms with Gasteiger partial charge in [-0.1, -0.05) is 24.3 Å². The molecule has 1 aliphatic carbocycles. The molecular formula is C18H18N4O3. The minimum Gasteiger partial charge on any atom is -0.352 e. The summed E-state index contributed by atoms with van der Waals surface area (Å²) in [4.78, 5) is 45.3. The van der Waals surface area contributed by atoms with E-state index in [2.05, 4.69) is 15.3 Å². The van der Waals surface area contributed by atoms with Crippen LogP contribution in [0.1, 0.15) is 18.4 Å². The standard InChI is InChI=1S/C18H18N4O3/c23-16(20-12-13-5-3-9-19-11-13)8-4-10-22-17(24)14-6-1-2-7-15(14)21-18(22)25/h1-3,5-7,9,11,14H,4,8,10,12H2,(H,20,23). The number of rotatable bonds is 6. The van der Waals surface area contributed by atoms with Crippen molar-refractivity contribution in [2.75, 3.05) is 6.54 Å². The van der Waals surface area contributed by atoms with E-state index in [1.54, 1.807) is 42.8 Å². The van der Waals surface area contributed by atoms with Crippen LogP contribution in [0.15, 0.2) is 53.8 Å². The molecule has 1 aromatic heterocycles. The fraction of sp³-hybridized carbons (Fsp3) is 0.278. The smallest absolute Gasteiger partial charge is 0.350 e. The molecule has 0 fully saturated rings. The van der Waals surface area contributed by atoms with Gasteiger partial charge in [-0.3, -0.25) is 19.5 Å². The molecule has 25 heavy (non-hydrogen) atoms. The molecule has 1 unspecified atom stereocenters. The first-order valence-electron chi connectivity index (χ1n) is 8.09. The molecular weight excluding hydrogens is 320 g/mol. The van der Waals surface area contributed by atoms with Gasteiger partial charge in [0, 0.05) is 31.9 Å². The van der Waals surface area contributed by atoms with Crippen LogP contribution in [0.5, 0.6) is 0 Å². The summed E-state index contributed by atoms with van der Waals surface area (Å²) < 4.78 is 0. The molecule has 4 amide bonds. The number of nitrogens with zero attached hydrogens (tertiary/aromatic N) is 3. The zero-order valence-electron chi connectivity index (χ0n) is 13.6. The lowest BCUT2D eigenvalue weighted by Gasteiger charge is -2.28. The number of carbonyl (C=O) groups excluding carboxylic acids is 3. The molecule has 128 valence electrons. The van der Waals surface area contributed by atoms with E-state index in [1.807, 2.05) is 6.07 Å². The second-order valence-corrected chi connectivity index (χ2v) is 5.77. The van der Waals surface area contributed by atoms with Crippen LogP contribution in [0.3, 0.4) is 0 Å². The highest BCUT2D eigenvalue weighted by molar-refractivity contribution is 6.21. The molecule has 0 bridgehead atoms. The van der Waals surface area contributed by atoms with Crippen molar-refractivity contribution in [3.63, 3.8) is 0 Å². The van der Waals surface area contributed by atoms with Crippen LogP contribution in [0.2, 0.25) is 0 Å². The lowest BCUT2D eigenvalue weighted by atomic mass is 9.95. The summed E-state index contributed by atoms with van der Waals surface area (Å²) in [6.07, 6.45) is 10.9. The van der Waals surface area contributed by atoms with Crippen molar-refractivity contribution in [3.8, 4) is 0 Å². The number of urea groups is 1. The summed E-state index contributed by atoms with van der Waals surface area (Å²) in [5, 5.41) is 2.79. The predicted molar refractivity (Wildman–Crippen MR) is 91.6 cm³/mol. The number of carbonyl (C=O) groups is 3. The molecule has 3 rings (SSSR count). The number of nitrogens with one attached hydrogen (secondary N) is 1. The van der Waals surface area contributed by atoms with Gasteiger partial charge in [-0.2, -0.15) is 4.99 Å². The highest BCUT2D eigenvalue weighted by Crippen LogP contribution is 2.19. The van der Waals surface area contributed by atoms with E-state index < -0.39 is 11.9 Å². The van der Waals surface area contributed by atoms with Crippen LogP contribution in [0, 0.1) is 5.92 Å². The second kappa shape index (κ2) is 7.65. The molecule has 0 saturated heterocycles. The fourth-order valence-electron chi connectivity index (χ4n) is 2.68. The molecule has 0 aromatic carbocycles. The number of aliphatic imine (C=N–C) groups is 1. The van der Waals surface area contributed by atoms with E-state index in [1.165, 1.54) is 0 Å². The van der Waals surface area contributed by atoms with Gasteiger partial charge in [0.05, 0.1) is 11.6 Å². The third-order valence-corrected chi connectivity index (χ3v) is 3.99. The Hall–Kier alpha value is -3.09. The largest absolute Gasteiger partial charge is 0.352 e. The normalized spacial score (nSPS) is 18.8. The number of aromatic nitrogens is 1. The first-order valence-corrected chi connectivity index (χ1v) is 8.09. The van der Waals surface area contributed by atoms with Crippen molar-refractivity contribution >= 4 is 23.6 Å². The first-order chi connectivity index (χ1) is 12.1. The van der Waals surface area contributed by atoms with Gasteiger partial charge in [0.25, 0.3) is 0 Å². The SMILES string of the molecule is O=C(CCCN1C(=O)N=C2C=CC=CC2C1=O)NCc1cccnc1. The van der Waals surface area contributed by atoms with Gasteiger partial charge in [-0.05, 0) is 24.1 Å². The minimum atomic E-state index is -0.563. The molecule has 0 spiro atoms. The Morgan fingerprint density at radius 1 is 1.28 bits per heavy atom. The van der Waals surface area contributed by atoms with Crippen molar-refractivity contribution in [3.05, 3.63) is 54.4 Å². The van der Waals surface area contributed by atoms with E-state index in [4.69, 9.17) is 0 Å². The van der Waals surface area contributed by atoms with Crippen LogP contribution in [-0.4, -0.2) is 40.0 Å². The Kier molecular flexibility index (Phi) is 5.13. The predicted octanol–water partition coefficient (Wildman–Crippen LogP) is 1.62. The van der Waals surface area contributed by atoms with E-state index in [-0.39, 0.29) is 24.8 Å². The lowest BCUT2D eigenvalue weighted by molar-refractivity contribution is -0.130. The van der Waals surface area contributed by atoms with Gasteiger partial charge < -0.3 is 5.32 Å². The van der Waals surface area contributed by atoms with Crippen molar-refractivity contribution in [2.24, 2.45) is 10.9 Å². The van der Waals surface area contributed by atoms with E-state index in [0.717, 1.165) is 10.5 Å². The third-order valence-electron chi connectivity index (χ3n) is 3.99. The summed E-state index contributed by atoms with van der Waals surface area (Å²) in [6, 6.07) is 3.12. The van der Waals surface area contributed by atoms with E-state index in [0.29, 0.717) is 18.7 Å². The number of allylic oxidation sites excluding steroid dienone is 3. The maximum atomic E-state index is 12.4. The number of pyridine rings is 1. The summed E-state index contributed by atoms with van der Waals surface area (Å²) in [5.74, 6) is -0.918. The molecule has 0 saturated carbocycles. The molecule has 2 aliphatic rings. The molecule has 1 aromatic rings. The zero-order valence-corrected chi connectivity index (χ0v) is 13.6. The number of hydrogen-bond acceptors (Lipinski definition) is 4. The fourth-order valence-corrected chi connectivity index (χ4v) is 2.68. The number of fused-ring (bicyclic) bond motifs is 1. The quantitative estimate of drug-likeness (QED) is 0.853. The zero-order chi connectivity index (χ0) is 17.6. The molecule has 1 atom stereocenters. The Labute approximate surface area is 145 Å². The minimum absolute atomic E-state index is 0.134. The van der Waals surface area contributed by atoms with E-state index >= 15 is 0 Å². The monoisotopic (exact) mass is 338 g/mol. The van der Waals surface area contributed by atoms with Crippen molar-refractivity contribution in [1.82, 2.24) is 15.2 Å². The van der Waals surface area contributed by atoms with Gasteiger partial charge in [0.1, 0.15) is 0 Å². The van der Waals surface area contributed by atoms with Crippen molar-refractivity contribution in [2.45, 2.75) is 19.4 Å². The molecule has 7 heteroatoms. The number of imide groups is 1. The maximum absolute atomic E-state index is 12.4. The van der Waals surface area contributed by atoms with Crippen LogP contribution in [0.4, 0.5) is 4.79 Å². The molecule has 7 nitrogen and oxygen atoms in total. The maximum Gasteiger partial charge on any atom is 0.350 e. The van der Waals surface area contributed by atoms with Crippen molar-refractivity contribution < 1.29 is 14.4 Å². The van der Waals surface area contributed by atoms with Gasteiger partial charge in [0.2, 0.25) is 11.8 Å². The molecule has 0 radical (unpaired) electrons. The number of hydrogen-bond donors (Lipinski definition) is 1. The summed E-state index contributed by atoms with van der Waals surface area (Å²) in [7, 11) is 0. The second-order valence-electron chi connectivity index (χ2n) is 5.77. The summed E-state index contributed by atoms with van der Waals surface area (Å²) in [5.41, 5.74) is 1.39. The highest BCUT2D eigenvalue weighted by atomic mass is 16.2. The summed E-state index contributed by atoms with van der Waals surface area (Å²) in [6.45, 7) is 0.587. The Bertz CT molecular complexity index is 768. The highest BCUT2D eigenvalue weighted by Gasteiger charge is 2.35. The lowest BCUT2D eigenvalue weighted by Crippen LogP contribution is -2.46. The van der Waals surface area contributed by atoms with Gasteiger partial charge in [-0.25, -0.2) is 4.79 Å². The van der Waals surface area contributed by atoms with Crippen LogP contribution >= 0.6 is 0 Å². The Balaban J connectivity index is 1.47. The summed E-state index contributed by atoms with van der Waals surface area (Å²) >= 11 is 0. The van der Waals surface area contributed by atoms with E-state index in [9.17, 15) is 14.4 Å². The average Bonchev–Trinajstić information content (AvgIpc) is 2.63. The number of amides is 4. The Morgan fingerprint density at radius 2 is 2.16 bits per heavy atom. The average molecular weight is 338 g/mol. The van der Waals surface area contributed by atoms with Gasteiger partial charge >= 0.3 is 6.03 Å². The third kappa shape index (κ3) is 4.06. The first kappa shape index (κ1) is 16.8. The molecule has 1 N–H and O–H groups in total. The van der Waals surface area contributed by atoms with Gasteiger partial charge in [-0.15, -0.1) is 0 Å². The Morgan fingerprint density at radius 3 is 2.96 bits per heavy atom. The van der Waals surface area contributed by atoms with Crippen molar-refractivity contribution in [1.29, 1.82) is 0 Å². The van der Waals surface area contributed by atoms with Crippen LogP contribution in [-0.2, 0) is 16.1 Å². The molecule has 1 aliphatic heterocycles. The van der Waals surface area contributed by atoms with Crippen LogP contribution < -0.4 is 5.32 Å². The van der Waals surface area contributed by atoms with Crippen LogP contribution in [0.25, 0.3) is 0 Å². The van der Waals surface area contributed by atoms with Gasteiger partial charge in [0.15, 0.2) is 0 Å². The molecule has 2 heterocycles.